The van der Waals surface area contributed by atoms with E-state index in [2.05, 4.69) is 4.79 Å². The molecule has 0 fully saturated rings. The van der Waals surface area contributed by atoms with Gasteiger partial charge in [0.25, 0.3) is 0 Å². The van der Waals surface area contributed by atoms with Gasteiger partial charge in [0.05, 0.1) is 0 Å². The van der Waals surface area contributed by atoms with Crippen molar-refractivity contribution >= 4 is 23.2 Å². The molecule has 0 unspecified atom stereocenters. The molecule has 7 nitrogen and oxygen atoms in total. The Hall–Kier alpha value is -2.50. The van der Waals surface area contributed by atoms with Crippen LogP contribution in [0, 0.1) is 0 Å². The molecule has 0 heterocycles. The van der Waals surface area contributed by atoms with Crippen molar-refractivity contribution in [1.29, 1.82) is 0 Å². The van der Waals surface area contributed by atoms with Gasteiger partial charge in [-0.2, -0.15) is 4.79 Å². The second kappa shape index (κ2) is 8.82. The number of carbonyl (C=O) groups is 2. The maximum atomic E-state index is 11.5. The second-order valence-electron chi connectivity index (χ2n) is 5.44. The number of esters is 1. The molecule has 0 saturated heterocycles. The van der Waals surface area contributed by atoms with Crippen LogP contribution >= 0.6 is 0 Å². The van der Waals surface area contributed by atoms with Crippen LogP contribution in [0.4, 0.5) is 5.69 Å². The summed E-state index contributed by atoms with van der Waals surface area (Å²) in [7, 11) is 5.88. The molecule has 124 valence electrons. The molecule has 0 aromatic heterocycles. The number of ether oxygens (including phenoxy) is 1. The summed E-state index contributed by atoms with van der Waals surface area (Å²) in [5.41, 5.74) is 10.3. The maximum Gasteiger partial charge on any atom is 0.441 e. The molecule has 7 heteroatoms. The van der Waals surface area contributed by atoms with E-state index < -0.39 is 17.5 Å². The first-order valence-corrected chi connectivity index (χ1v) is 7.20. The van der Waals surface area contributed by atoms with Gasteiger partial charge in [-0.25, -0.2) is 4.79 Å². The van der Waals surface area contributed by atoms with Crippen molar-refractivity contribution in [3.05, 3.63) is 35.4 Å². The summed E-state index contributed by atoms with van der Waals surface area (Å²) < 4.78 is 4.92. The number of rotatable bonds is 8. The number of carbonyl (C=O) groups excluding carboxylic acids is 2. The summed E-state index contributed by atoms with van der Waals surface area (Å²) in [6.07, 6.45) is 0. The molecule has 1 rings (SSSR count). The second-order valence-corrected chi connectivity index (χ2v) is 5.44. The Bertz CT molecular complexity index is 604. The van der Waals surface area contributed by atoms with Gasteiger partial charge >= 0.3 is 11.7 Å². The number of anilines is 1. The fourth-order valence-corrected chi connectivity index (χ4v) is 1.91. The van der Waals surface area contributed by atoms with E-state index in [1.807, 2.05) is 55.2 Å². The molecule has 0 radical (unpaired) electrons. The predicted molar refractivity (Wildman–Crippen MR) is 87.4 cm³/mol. The minimum Gasteiger partial charge on any atom is -0.455 e. The fourth-order valence-electron chi connectivity index (χ4n) is 1.91. The Morgan fingerprint density at radius 2 is 1.78 bits per heavy atom. The lowest BCUT2D eigenvalue weighted by Crippen LogP contribution is -2.29. The average Bonchev–Trinajstić information content (AvgIpc) is 2.48. The van der Waals surface area contributed by atoms with E-state index in [1.165, 1.54) is 0 Å². The predicted octanol–water partition coefficient (Wildman–Crippen LogP) is 0.987. The van der Waals surface area contributed by atoms with Crippen molar-refractivity contribution in [1.82, 2.24) is 4.90 Å². The van der Waals surface area contributed by atoms with Crippen LogP contribution in [0.2, 0.25) is 0 Å². The lowest BCUT2D eigenvalue weighted by atomic mass is 10.2. The highest BCUT2D eigenvalue weighted by Gasteiger charge is 2.27. The Kier molecular flexibility index (Phi) is 7.12. The summed E-state index contributed by atoms with van der Waals surface area (Å²) in [6.45, 7) is 2.45. The Morgan fingerprint density at radius 3 is 2.26 bits per heavy atom. The monoisotopic (exact) mass is 318 g/mol. The van der Waals surface area contributed by atoms with Gasteiger partial charge in [0, 0.05) is 39.8 Å². The minimum atomic E-state index is -0.913. The normalized spacial score (nSPS) is 10.1. The number of nitrogens with zero attached hydrogens (tertiary/aromatic N) is 4. The van der Waals surface area contributed by atoms with Crippen molar-refractivity contribution in [2.75, 3.05) is 39.2 Å². The highest BCUT2D eigenvalue weighted by atomic mass is 16.5. The highest BCUT2D eigenvalue weighted by molar-refractivity contribution is 6.61. The van der Waals surface area contributed by atoms with Crippen LogP contribution in [0.25, 0.3) is 5.53 Å². The van der Waals surface area contributed by atoms with Crippen molar-refractivity contribution in [2.24, 2.45) is 0 Å². The van der Waals surface area contributed by atoms with E-state index >= 15 is 0 Å². The molecule has 0 amide bonds. The number of Topliss-reactive ketones (excluding diaryl/α,β-unsaturated/α-hetero) is 1. The first kappa shape index (κ1) is 18.5. The Balaban J connectivity index is 2.42. The number of benzene rings is 1. The molecule has 1 aromatic carbocycles. The maximum absolute atomic E-state index is 11.5. The molecule has 0 aliphatic carbocycles. The summed E-state index contributed by atoms with van der Waals surface area (Å²) in [4.78, 5) is 29.2. The zero-order valence-electron chi connectivity index (χ0n) is 13.9. The van der Waals surface area contributed by atoms with Gasteiger partial charge in [0.1, 0.15) is 6.61 Å². The van der Waals surface area contributed by atoms with E-state index in [4.69, 9.17) is 10.3 Å². The summed E-state index contributed by atoms with van der Waals surface area (Å²) >= 11 is 0. The van der Waals surface area contributed by atoms with E-state index in [0.717, 1.165) is 18.2 Å². The molecule has 0 aliphatic rings. The van der Waals surface area contributed by atoms with Gasteiger partial charge in [-0.15, -0.1) is 0 Å². The van der Waals surface area contributed by atoms with Crippen molar-refractivity contribution in [3.63, 3.8) is 0 Å². The molecule has 0 N–H and O–H groups in total. The molecule has 23 heavy (non-hydrogen) atoms. The average molecular weight is 318 g/mol. The van der Waals surface area contributed by atoms with Crippen molar-refractivity contribution in [3.8, 4) is 0 Å². The zero-order chi connectivity index (χ0) is 17.4. The summed E-state index contributed by atoms with van der Waals surface area (Å²) in [5.74, 6) is -1.55. The van der Waals surface area contributed by atoms with Gasteiger partial charge in [-0.1, -0.05) is 12.1 Å². The molecule has 0 bridgehead atoms. The quantitative estimate of drug-likeness (QED) is 0.234. The number of hydrogen-bond donors (Lipinski definition) is 0. The van der Waals surface area contributed by atoms with Crippen molar-refractivity contribution in [2.45, 2.75) is 13.5 Å². The Labute approximate surface area is 136 Å². The zero-order valence-corrected chi connectivity index (χ0v) is 13.9. The van der Waals surface area contributed by atoms with E-state index in [9.17, 15) is 9.59 Å². The smallest absolute Gasteiger partial charge is 0.441 e. The summed E-state index contributed by atoms with van der Waals surface area (Å²) in [5, 5.41) is 0. The van der Waals surface area contributed by atoms with Gasteiger partial charge in [-0.3, -0.25) is 9.69 Å². The first-order valence-electron chi connectivity index (χ1n) is 7.20. The van der Waals surface area contributed by atoms with E-state index in [0.29, 0.717) is 13.1 Å². The number of hydrogen-bond acceptors (Lipinski definition) is 5. The number of likely N-dealkylation sites (N-methyl/N-ethyl adjacent to an activating group) is 1. The molecular formula is C16H22N4O3. The van der Waals surface area contributed by atoms with Crippen LogP contribution in [-0.2, 0) is 20.9 Å². The highest BCUT2D eigenvalue weighted by Crippen LogP contribution is 2.13. The lowest BCUT2D eigenvalue weighted by Gasteiger charge is -2.17. The van der Waals surface area contributed by atoms with E-state index in [1.54, 1.807) is 0 Å². The fraction of sp³-hybridized carbons (Fsp3) is 0.438. The van der Waals surface area contributed by atoms with Crippen molar-refractivity contribution < 1.29 is 19.1 Å². The molecule has 0 spiro atoms. The standard InChI is InChI=1S/C16H22N4O3/c1-12(21)15(18-17)16(22)23-10-9-20(4)11-13-5-7-14(8-6-13)19(2)3/h5-8H,9-11H2,1-4H3. The Morgan fingerprint density at radius 1 is 1.17 bits per heavy atom. The van der Waals surface area contributed by atoms with Crippen LogP contribution < -0.4 is 4.90 Å². The van der Waals surface area contributed by atoms with Crippen LogP contribution in [0.15, 0.2) is 24.3 Å². The van der Waals surface area contributed by atoms with Crippen LogP contribution in [-0.4, -0.2) is 61.4 Å². The molecular weight excluding hydrogens is 296 g/mol. The number of ketones is 1. The lowest BCUT2D eigenvalue weighted by molar-refractivity contribution is -0.142. The SMILES string of the molecule is CC(=O)C(=[N+]=[N-])C(=O)OCCN(C)Cc1ccc(N(C)C)cc1. The van der Waals surface area contributed by atoms with Crippen LogP contribution in [0.5, 0.6) is 0 Å². The summed E-state index contributed by atoms with van der Waals surface area (Å²) in [6, 6.07) is 8.17. The third-order valence-corrected chi connectivity index (χ3v) is 3.24. The molecule has 0 aliphatic heterocycles. The van der Waals surface area contributed by atoms with Gasteiger partial charge in [0.15, 0.2) is 0 Å². The molecule has 1 aromatic rings. The van der Waals surface area contributed by atoms with Crippen LogP contribution in [0.1, 0.15) is 12.5 Å². The molecule has 0 atom stereocenters. The topological polar surface area (TPSA) is 86.2 Å². The molecule has 0 saturated carbocycles. The van der Waals surface area contributed by atoms with Gasteiger partial charge in [0.2, 0.25) is 5.78 Å². The van der Waals surface area contributed by atoms with Gasteiger partial charge < -0.3 is 15.2 Å². The third kappa shape index (κ3) is 6.02. The third-order valence-electron chi connectivity index (χ3n) is 3.24. The first-order chi connectivity index (χ1) is 10.8. The minimum absolute atomic E-state index is 0.109. The van der Waals surface area contributed by atoms with Crippen LogP contribution in [0.3, 0.4) is 0 Å². The van der Waals surface area contributed by atoms with E-state index in [-0.39, 0.29) is 6.61 Å². The largest absolute Gasteiger partial charge is 0.455 e. The van der Waals surface area contributed by atoms with Gasteiger partial charge in [-0.05, 0) is 24.7 Å².